The van der Waals surface area contributed by atoms with Crippen LogP contribution in [0.25, 0.3) is 22.2 Å². The summed E-state index contributed by atoms with van der Waals surface area (Å²) in [6, 6.07) is 21.5. The molecule has 162 valence electrons. The fraction of sp³-hybridized carbons (Fsp3) is 0.222. The molecule has 0 saturated heterocycles. The molecule has 1 N–H and O–H groups in total. The van der Waals surface area contributed by atoms with Crippen molar-refractivity contribution in [2.75, 3.05) is 6.54 Å². The molecule has 1 aliphatic heterocycles. The van der Waals surface area contributed by atoms with Crippen molar-refractivity contribution in [3.05, 3.63) is 93.5 Å². The number of nitrogens with one attached hydrogen (secondary N) is 1. The van der Waals surface area contributed by atoms with E-state index >= 15 is 0 Å². The van der Waals surface area contributed by atoms with Crippen LogP contribution in [0.1, 0.15) is 47.8 Å². The monoisotopic (exact) mass is 462 g/mol. The van der Waals surface area contributed by atoms with E-state index in [-0.39, 0.29) is 11.9 Å². The van der Waals surface area contributed by atoms with Gasteiger partial charge in [0.2, 0.25) is 0 Å². The smallest absolute Gasteiger partial charge is 0.255 e. The van der Waals surface area contributed by atoms with Crippen LogP contribution in [-0.2, 0) is 0 Å². The summed E-state index contributed by atoms with van der Waals surface area (Å²) >= 11 is 12.8. The van der Waals surface area contributed by atoms with E-state index in [1.165, 1.54) is 0 Å². The highest BCUT2D eigenvalue weighted by Crippen LogP contribution is 2.46. The Hall–Kier alpha value is -2.75. The number of rotatable bonds is 5. The van der Waals surface area contributed by atoms with Gasteiger partial charge in [0.15, 0.2) is 0 Å². The number of halogens is 2. The highest BCUT2D eigenvalue weighted by molar-refractivity contribution is 6.36. The second kappa shape index (κ2) is 8.31. The number of hydrogen-bond donors (Lipinski definition) is 1. The van der Waals surface area contributed by atoms with Crippen molar-refractivity contribution in [3.8, 4) is 11.3 Å². The lowest BCUT2D eigenvalue weighted by Crippen LogP contribution is -2.30. The molecule has 0 bridgehead atoms. The first-order chi connectivity index (χ1) is 15.5. The van der Waals surface area contributed by atoms with E-state index < -0.39 is 0 Å². The number of aromatic amines is 1. The van der Waals surface area contributed by atoms with Gasteiger partial charge in [0.05, 0.1) is 16.8 Å². The second-order valence-corrected chi connectivity index (χ2v) is 9.60. The van der Waals surface area contributed by atoms with Crippen LogP contribution in [0.5, 0.6) is 0 Å². The normalized spacial score (nSPS) is 15.7. The molecular weight excluding hydrogens is 439 g/mol. The van der Waals surface area contributed by atoms with Crippen molar-refractivity contribution in [3.63, 3.8) is 0 Å². The number of fused-ring (bicyclic) bond motifs is 2. The van der Waals surface area contributed by atoms with Gasteiger partial charge < -0.3 is 9.88 Å². The van der Waals surface area contributed by atoms with E-state index in [1.807, 2.05) is 47.4 Å². The third-order valence-electron chi connectivity index (χ3n) is 6.23. The lowest BCUT2D eigenvalue weighted by molar-refractivity contribution is 0.0743. The molecule has 5 rings (SSSR count). The van der Waals surface area contributed by atoms with Crippen molar-refractivity contribution < 1.29 is 4.79 Å². The Balaban J connectivity index is 1.77. The zero-order valence-corrected chi connectivity index (χ0v) is 19.5. The molecule has 1 aromatic heterocycles. The lowest BCUT2D eigenvalue weighted by Gasteiger charge is -2.27. The molecule has 0 unspecified atom stereocenters. The van der Waals surface area contributed by atoms with Crippen LogP contribution in [0.4, 0.5) is 0 Å². The fourth-order valence-corrected chi connectivity index (χ4v) is 5.16. The summed E-state index contributed by atoms with van der Waals surface area (Å²) in [5.41, 5.74) is 5.72. The molecule has 4 aromatic rings. The zero-order valence-electron chi connectivity index (χ0n) is 18.0. The quantitative estimate of drug-likeness (QED) is 0.323. The Kier molecular flexibility index (Phi) is 5.48. The Bertz CT molecular complexity index is 1320. The van der Waals surface area contributed by atoms with Crippen molar-refractivity contribution in [1.82, 2.24) is 9.88 Å². The van der Waals surface area contributed by atoms with Crippen molar-refractivity contribution in [2.24, 2.45) is 5.92 Å². The summed E-state index contributed by atoms with van der Waals surface area (Å²) in [6.07, 6.45) is 0.940. The highest BCUT2D eigenvalue weighted by Gasteiger charge is 2.40. The first-order valence-electron chi connectivity index (χ1n) is 10.9. The van der Waals surface area contributed by atoms with Gasteiger partial charge in [-0.25, -0.2) is 0 Å². The molecular formula is C27H24Cl2N2O. The molecule has 1 amide bonds. The van der Waals surface area contributed by atoms with E-state index in [0.717, 1.165) is 45.3 Å². The van der Waals surface area contributed by atoms with Gasteiger partial charge in [-0.1, -0.05) is 73.4 Å². The number of amides is 1. The van der Waals surface area contributed by atoms with Crippen LogP contribution in [0.2, 0.25) is 10.0 Å². The van der Waals surface area contributed by atoms with Crippen LogP contribution in [0.15, 0.2) is 66.7 Å². The third-order valence-corrected chi connectivity index (χ3v) is 6.77. The van der Waals surface area contributed by atoms with Gasteiger partial charge in [0.1, 0.15) is 0 Å². The van der Waals surface area contributed by atoms with Crippen LogP contribution in [0, 0.1) is 5.92 Å². The fourth-order valence-electron chi connectivity index (χ4n) is 4.66. The van der Waals surface area contributed by atoms with Crippen molar-refractivity contribution in [1.29, 1.82) is 0 Å². The van der Waals surface area contributed by atoms with Crippen LogP contribution in [-0.4, -0.2) is 22.3 Å². The van der Waals surface area contributed by atoms with Gasteiger partial charge in [-0.2, -0.15) is 0 Å². The SMILES string of the molecule is CC(C)CCN1C(=O)c2ccccc2[C@@H]1c1c(-c2ccc(Cl)cc2Cl)[nH]c2ccccc12. The predicted molar refractivity (Wildman–Crippen MR) is 133 cm³/mol. The number of hydrogen-bond acceptors (Lipinski definition) is 1. The van der Waals surface area contributed by atoms with Gasteiger partial charge in [-0.15, -0.1) is 0 Å². The van der Waals surface area contributed by atoms with Crippen LogP contribution in [0.3, 0.4) is 0 Å². The van der Waals surface area contributed by atoms with Crippen molar-refractivity contribution >= 4 is 40.0 Å². The third kappa shape index (κ3) is 3.50. The van der Waals surface area contributed by atoms with Crippen LogP contribution >= 0.6 is 23.2 Å². The maximum Gasteiger partial charge on any atom is 0.255 e. The summed E-state index contributed by atoms with van der Waals surface area (Å²) in [7, 11) is 0. The molecule has 0 aliphatic carbocycles. The van der Waals surface area contributed by atoms with E-state index in [1.54, 1.807) is 6.07 Å². The maximum absolute atomic E-state index is 13.5. The first-order valence-corrected chi connectivity index (χ1v) is 11.7. The molecule has 3 aromatic carbocycles. The highest BCUT2D eigenvalue weighted by atomic mass is 35.5. The standard InChI is InChI=1S/C27H24Cl2N2O/c1-16(2)13-14-31-26(18-7-3-4-8-19(18)27(31)32)24-21-9-5-6-10-23(21)30-25(24)20-12-11-17(28)15-22(20)29/h3-12,15-16,26,30H,13-14H2,1-2H3/t26-/m1/s1. The summed E-state index contributed by atoms with van der Waals surface area (Å²) in [5, 5.41) is 2.27. The largest absolute Gasteiger partial charge is 0.354 e. The molecule has 0 spiro atoms. The van der Waals surface area contributed by atoms with Gasteiger partial charge in [0, 0.05) is 39.2 Å². The minimum atomic E-state index is -0.185. The summed E-state index contributed by atoms with van der Waals surface area (Å²) in [6.45, 7) is 5.07. The molecule has 1 aliphatic rings. The summed E-state index contributed by atoms with van der Waals surface area (Å²) in [5.74, 6) is 0.588. The number of carbonyl (C=O) groups is 1. The number of carbonyl (C=O) groups excluding carboxylic acids is 1. The van der Waals surface area contributed by atoms with E-state index in [9.17, 15) is 4.79 Å². The number of benzene rings is 3. The minimum Gasteiger partial charge on any atom is -0.354 e. The molecule has 32 heavy (non-hydrogen) atoms. The van der Waals surface area contributed by atoms with Crippen LogP contribution < -0.4 is 0 Å². The van der Waals surface area contributed by atoms with Gasteiger partial charge in [-0.3, -0.25) is 4.79 Å². The number of nitrogens with zero attached hydrogens (tertiary/aromatic N) is 1. The molecule has 5 heteroatoms. The molecule has 1 atom stereocenters. The molecule has 3 nitrogen and oxygen atoms in total. The molecule has 0 fully saturated rings. The zero-order chi connectivity index (χ0) is 22.4. The van der Waals surface area contributed by atoms with Crippen molar-refractivity contribution in [2.45, 2.75) is 26.3 Å². The van der Waals surface area contributed by atoms with Gasteiger partial charge in [0.25, 0.3) is 5.91 Å². The number of aromatic nitrogens is 1. The number of H-pyrrole nitrogens is 1. The van der Waals surface area contributed by atoms with Gasteiger partial charge in [-0.05, 0) is 48.2 Å². The Morgan fingerprint density at radius 1 is 0.969 bits per heavy atom. The summed E-state index contributed by atoms with van der Waals surface area (Å²) in [4.78, 5) is 19.1. The summed E-state index contributed by atoms with van der Waals surface area (Å²) < 4.78 is 0. The molecule has 2 heterocycles. The minimum absolute atomic E-state index is 0.0877. The lowest BCUT2D eigenvalue weighted by atomic mass is 9.93. The van der Waals surface area contributed by atoms with E-state index in [0.29, 0.717) is 22.5 Å². The first kappa shape index (κ1) is 21.1. The number of para-hydroxylation sites is 1. The average molecular weight is 463 g/mol. The molecule has 0 saturated carbocycles. The van der Waals surface area contributed by atoms with Gasteiger partial charge >= 0.3 is 0 Å². The van der Waals surface area contributed by atoms with E-state index in [2.05, 4.69) is 37.0 Å². The topological polar surface area (TPSA) is 36.1 Å². The Morgan fingerprint density at radius 2 is 1.72 bits per heavy atom. The maximum atomic E-state index is 13.5. The molecule has 0 radical (unpaired) electrons. The average Bonchev–Trinajstić information content (AvgIpc) is 3.27. The second-order valence-electron chi connectivity index (χ2n) is 8.75. The predicted octanol–water partition coefficient (Wildman–Crippen LogP) is 7.73. The van der Waals surface area contributed by atoms with E-state index in [4.69, 9.17) is 23.2 Å². The Morgan fingerprint density at radius 3 is 2.50 bits per heavy atom. The Labute approximate surface area is 198 Å².